The van der Waals surface area contributed by atoms with Gasteiger partial charge in [-0.25, -0.2) is 9.79 Å². The van der Waals surface area contributed by atoms with Crippen LogP contribution in [0.15, 0.2) is 56.8 Å². The topological polar surface area (TPSA) is 96.2 Å². The van der Waals surface area contributed by atoms with Crippen LogP contribution < -0.4 is 24.4 Å². The molecule has 0 fully saturated rings. The number of benzene rings is 1. The largest absolute Gasteiger partial charge is 0.490 e. The van der Waals surface area contributed by atoms with Crippen LogP contribution >= 0.6 is 22.7 Å². The van der Waals surface area contributed by atoms with Gasteiger partial charge < -0.3 is 14.2 Å². The number of rotatable bonds is 7. The standard InChI is InChI=1S/C25H24N2O6S2/c1-5-31-18-12-16(9-10-17(18)33-15(4)28)13-20-23(29)27-22(19-8-7-11-34-19)21(24(30)32-6-2)14(3)26-25(27)35-20/h7-13,22H,5-6H2,1-4H3/b20-13+/t22-/m1/s1. The third-order valence-electron chi connectivity index (χ3n) is 5.15. The molecule has 0 saturated heterocycles. The smallest absolute Gasteiger partial charge is 0.338 e. The van der Waals surface area contributed by atoms with E-state index in [0.29, 0.717) is 44.3 Å². The third kappa shape index (κ3) is 4.98. The van der Waals surface area contributed by atoms with E-state index >= 15 is 0 Å². The molecule has 0 amide bonds. The number of esters is 2. The lowest BCUT2D eigenvalue weighted by Crippen LogP contribution is -2.39. The average Bonchev–Trinajstić information content (AvgIpc) is 3.43. The number of thiazole rings is 1. The van der Waals surface area contributed by atoms with Crippen molar-refractivity contribution < 1.29 is 23.8 Å². The number of fused-ring (bicyclic) bond motifs is 1. The van der Waals surface area contributed by atoms with Crippen molar-refractivity contribution in [2.45, 2.75) is 33.7 Å². The molecule has 0 N–H and O–H groups in total. The normalized spacial score (nSPS) is 15.4. The molecule has 1 atom stereocenters. The minimum Gasteiger partial charge on any atom is -0.490 e. The maximum absolute atomic E-state index is 13.6. The summed E-state index contributed by atoms with van der Waals surface area (Å²) in [5.41, 5.74) is 1.32. The first-order valence-electron chi connectivity index (χ1n) is 11.0. The first-order chi connectivity index (χ1) is 16.8. The fourth-order valence-corrected chi connectivity index (χ4v) is 5.65. The van der Waals surface area contributed by atoms with Crippen LogP contribution in [0.25, 0.3) is 6.08 Å². The van der Waals surface area contributed by atoms with Gasteiger partial charge in [0.2, 0.25) is 0 Å². The molecular formula is C25H24N2O6S2. The number of allylic oxidation sites excluding steroid dienone is 1. The van der Waals surface area contributed by atoms with Gasteiger partial charge in [-0.3, -0.25) is 14.2 Å². The Morgan fingerprint density at radius 3 is 2.63 bits per heavy atom. The average molecular weight is 513 g/mol. The minimum absolute atomic E-state index is 0.225. The lowest BCUT2D eigenvalue weighted by atomic mass is 10.0. The van der Waals surface area contributed by atoms with E-state index in [1.807, 2.05) is 24.4 Å². The molecular weight excluding hydrogens is 488 g/mol. The van der Waals surface area contributed by atoms with Crippen molar-refractivity contribution in [3.63, 3.8) is 0 Å². The molecule has 3 aromatic rings. The predicted octanol–water partition coefficient (Wildman–Crippen LogP) is 3.18. The van der Waals surface area contributed by atoms with Gasteiger partial charge >= 0.3 is 11.9 Å². The van der Waals surface area contributed by atoms with Crippen molar-refractivity contribution in [3.05, 3.63) is 77.1 Å². The molecule has 10 heteroatoms. The molecule has 8 nitrogen and oxygen atoms in total. The van der Waals surface area contributed by atoms with Gasteiger partial charge in [-0.05, 0) is 56.0 Å². The van der Waals surface area contributed by atoms with E-state index in [4.69, 9.17) is 14.2 Å². The lowest BCUT2D eigenvalue weighted by molar-refractivity contribution is -0.139. The van der Waals surface area contributed by atoms with Crippen molar-refractivity contribution >= 4 is 40.7 Å². The molecule has 1 aliphatic rings. The van der Waals surface area contributed by atoms with Crippen molar-refractivity contribution in [1.82, 2.24) is 4.57 Å². The number of hydrogen-bond acceptors (Lipinski definition) is 9. The Hall–Kier alpha value is -3.50. The number of aromatic nitrogens is 1. The third-order valence-corrected chi connectivity index (χ3v) is 7.06. The second kappa shape index (κ2) is 10.4. The van der Waals surface area contributed by atoms with E-state index in [-0.39, 0.29) is 12.2 Å². The number of thiophene rings is 1. The Labute approximate surface area is 209 Å². The van der Waals surface area contributed by atoms with Gasteiger partial charge in [0.25, 0.3) is 5.56 Å². The van der Waals surface area contributed by atoms with Crippen LogP contribution in [0.3, 0.4) is 0 Å². The first kappa shape index (κ1) is 24.6. The molecule has 0 unspecified atom stereocenters. The van der Waals surface area contributed by atoms with Crippen molar-refractivity contribution in [1.29, 1.82) is 0 Å². The highest BCUT2D eigenvalue weighted by molar-refractivity contribution is 7.10. The van der Waals surface area contributed by atoms with Gasteiger partial charge in [0, 0.05) is 11.8 Å². The highest BCUT2D eigenvalue weighted by Gasteiger charge is 2.33. The van der Waals surface area contributed by atoms with Gasteiger partial charge in [0.15, 0.2) is 16.3 Å². The summed E-state index contributed by atoms with van der Waals surface area (Å²) in [7, 11) is 0. The zero-order valence-electron chi connectivity index (χ0n) is 19.7. The fraction of sp³-hybridized carbons (Fsp3) is 0.280. The summed E-state index contributed by atoms with van der Waals surface area (Å²) in [6.07, 6.45) is 1.73. The Morgan fingerprint density at radius 2 is 1.97 bits per heavy atom. The Morgan fingerprint density at radius 1 is 1.17 bits per heavy atom. The van der Waals surface area contributed by atoms with E-state index in [1.54, 1.807) is 42.7 Å². The number of ether oxygens (including phenoxy) is 3. The summed E-state index contributed by atoms with van der Waals surface area (Å²) >= 11 is 2.71. The molecule has 182 valence electrons. The molecule has 1 aliphatic heterocycles. The summed E-state index contributed by atoms with van der Waals surface area (Å²) in [5, 5.41) is 1.91. The maximum Gasteiger partial charge on any atom is 0.338 e. The number of nitrogens with zero attached hydrogens (tertiary/aromatic N) is 2. The van der Waals surface area contributed by atoms with Crippen LogP contribution in [0, 0.1) is 0 Å². The summed E-state index contributed by atoms with van der Waals surface area (Å²) in [6.45, 7) is 7.26. The minimum atomic E-state index is -0.613. The van der Waals surface area contributed by atoms with E-state index in [2.05, 4.69) is 4.99 Å². The summed E-state index contributed by atoms with van der Waals surface area (Å²) in [4.78, 5) is 43.7. The summed E-state index contributed by atoms with van der Waals surface area (Å²) in [6, 6.07) is 8.25. The maximum atomic E-state index is 13.6. The Balaban J connectivity index is 1.86. The quantitative estimate of drug-likeness (QED) is 0.356. The molecule has 4 rings (SSSR count). The van der Waals surface area contributed by atoms with Gasteiger partial charge in [0.05, 0.1) is 29.0 Å². The first-order valence-corrected chi connectivity index (χ1v) is 12.7. The second-order valence-corrected chi connectivity index (χ2v) is 9.54. The van der Waals surface area contributed by atoms with Crippen LogP contribution in [0.2, 0.25) is 0 Å². The van der Waals surface area contributed by atoms with Crippen LogP contribution in [0.5, 0.6) is 11.5 Å². The molecule has 35 heavy (non-hydrogen) atoms. The van der Waals surface area contributed by atoms with Crippen molar-refractivity contribution in [3.8, 4) is 11.5 Å². The number of hydrogen-bond donors (Lipinski definition) is 0. The molecule has 3 heterocycles. The van der Waals surface area contributed by atoms with Crippen molar-refractivity contribution in [2.24, 2.45) is 4.99 Å². The summed E-state index contributed by atoms with van der Waals surface area (Å²) in [5.74, 6) is -0.219. The second-order valence-electron chi connectivity index (χ2n) is 7.55. The lowest BCUT2D eigenvalue weighted by Gasteiger charge is -2.23. The van der Waals surface area contributed by atoms with E-state index < -0.39 is 18.0 Å². The fourth-order valence-electron chi connectivity index (χ4n) is 3.78. The highest BCUT2D eigenvalue weighted by atomic mass is 32.1. The highest BCUT2D eigenvalue weighted by Crippen LogP contribution is 2.33. The number of carbonyl (C=O) groups is 2. The molecule has 0 bridgehead atoms. The van der Waals surface area contributed by atoms with E-state index in [0.717, 1.165) is 4.88 Å². The predicted molar refractivity (Wildman–Crippen MR) is 134 cm³/mol. The Kier molecular flexibility index (Phi) is 7.32. The van der Waals surface area contributed by atoms with E-state index in [9.17, 15) is 14.4 Å². The zero-order chi connectivity index (χ0) is 25.1. The van der Waals surface area contributed by atoms with Crippen LogP contribution in [-0.2, 0) is 14.3 Å². The molecule has 1 aromatic carbocycles. The van der Waals surface area contributed by atoms with Gasteiger partial charge in [-0.15, -0.1) is 11.3 Å². The Bertz CT molecular complexity index is 1480. The van der Waals surface area contributed by atoms with Crippen LogP contribution in [-0.4, -0.2) is 29.7 Å². The monoisotopic (exact) mass is 512 g/mol. The summed E-state index contributed by atoms with van der Waals surface area (Å²) < 4.78 is 18.1. The molecule has 0 spiro atoms. The van der Waals surface area contributed by atoms with Crippen LogP contribution in [0.4, 0.5) is 0 Å². The van der Waals surface area contributed by atoms with Gasteiger partial charge in [-0.1, -0.05) is 23.5 Å². The molecule has 0 radical (unpaired) electrons. The van der Waals surface area contributed by atoms with E-state index in [1.165, 1.54) is 29.6 Å². The van der Waals surface area contributed by atoms with Gasteiger partial charge in [-0.2, -0.15) is 0 Å². The van der Waals surface area contributed by atoms with Crippen LogP contribution in [0.1, 0.15) is 44.2 Å². The zero-order valence-corrected chi connectivity index (χ0v) is 21.3. The number of carbonyl (C=O) groups excluding carboxylic acids is 2. The molecule has 0 aliphatic carbocycles. The van der Waals surface area contributed by atoms with Crippen molar-refractivity contribution in [2.75, 3.05) is 13.2 Å². The van der Waals surface area contributed by atoms with Gasteiger partial charge in [0.1, 0.15) is 6.04 Å². The molecule has 2 aromatic heterocycles. The SMILES string of the molecule is CCOC(=O)C1=C(C)N=c2s/c(=C/c3ccc(OC(C)=O)c(OCC)c3)c(=O)n2[C@@H]1c1cccs1. The molecule has 0 saturated carbocycles.